The van der Waals surface area contributed by atoms with E-state index in [0.717, 1.165) is 16.9 Å². The average Bonchev–Trinajstić information content (AvgIpc) is 3.36. The smallest absolute Gasteiger partial charge is 0.220 e. The van der Waals surface area contributed by atoms with Crippen LogP contribution in [0.4, 0.5) is 0 Å². The zero-order chi connectivity index (χ0) is 19.8. The molecule has 1 aromatic carbocycles. The van der Waals surface area contributed by atoms with Crippen molar-refractivity contribution >= 4 is 34.6 Å². The van der Waals surface area contributed by atoms with Crippen LogP contribution in [0, 0.1) is 0 Å². The largest absolute Gasteiger partial charge is 0.467 e. The van der Waals surface area contributed by atoms with Gasteiger partial charge in [-0.15, -0.1) is 11.3 Å². The van der Waals surface area contributed by atoms with Gasteiger partial charge in [0.05, 0.1) is 22.1 Å². The van der Waals surface area contributed by atoms with Crippen molar-refractivity contribution in [3.63, 3.8) is 0 Å². The van der Waals surface area contributed by atoms with E-state index in [1.807, 2.05) is 36.4 Å². The minimum atomic E-state index is -0.157. The molecule has 3 rings (SSSR count). The molecule has 1 N–H and O–H groups in total. The molecule has 0 fully saturated rings. The first-order valence-electron chi connectivity index (χ1n) is 8.83. The Hall–Kier alpha value is -2.41. The van der Waals surface area contributed by atoms with E-state index in [-0.39, 0.29) is 24.5 Å². The molecule has 0 saturated carbocycles. The van der Waals surface area contributed by atoms with Crippen molar-refractivity contribution < 1.29 is 18.7 Å². The molecule has 0 saturated heterocycles. The molecule has 0 radical (unpaired) electrons. The highest BCUT2D eigenvalue weighted by atomic mass is 35.5. The third-order valence-electron chi connectivity index (χ3n) is 4.00. The van der Waals surface area contributed by atoms with E-state index in [9.17, 15) is 9.59 Å². The molecule has 0 atom stereocenters. The summed E-state index contributed by atoms with van der Waals surface area (Å²) >= 11 is 7.06. The third kappa shape index (κ3) is 6.34. The Morgan fingerprint density at radius 3 is 2.64 bits per heavy atom. The number of ether oxygens (including phenoxy) is 1. The van der Waals surface area contributed by atoms with E-state index in [1.165, 1.54) is 11.3 Å². The van der Waals surface area contributed by atoms with Crippen molar-refractivity contribution in [3.8, 4) is 0 Å². The van der Waals surface area contributed by atoms with Crippen LogP contribution in [0.2, 0.25) is 4.34 Å². The van der Waals surface area contributed by atoms with Gasteiger partial charge in [-0.25, -0.2) is 0 Å². The maximum atomic E-state index is 12.0. The van der Waals surface area contributed by atoms with Crippen LogP contribution >= 0.6 is 22.9 Å². The van der Waals surface area contributed by atoms with Gasteiger partial charge in [-0.1, -0.05) is 35.9 Å². The zero-order valence-corrected chi connectivity index (χ0v) is 16.7. The van der Waals surface area contributed by atoms with E-state index in [1.54, 1.807) is 18.4 Å². The first-order chi connectivity index (χ1) is 13.6. The van der Waals surface area contributed by atoms with Crippen molar-refractivity contribution in [2.75, 3.05) is 0 Å². The van der Waals surface area contributed by atoms with Gasteiger partial charge in [0.25, 0.3) is 0 Å². The molecule has 146 valence electrons. The molecule has 2 aromatic heterocycles. The Morgan fingerprint density at radius 2 is 1.89 bits per heavy atom. The summed E-state index contributed by atoms with van der Waals surface area (Å²) in [6.45, 7) is 1.28. The third-order valence-corrected chi connectivity index (χ3v) is 5.27. The second kappa shape index (κ2) is 10.2. The first-order valence-corrected chi connectivity index (χ1v) is 10.0. The van der Waals surface area contributed by atoms with Crippen LogP contribution in [0.5, 0.6) is 0 Å². The van der Waals surface area contributed by atoms with Crippen molar-refractivity contribution in [1.29, 1.82) is 0 Å². The van der Waals surface area contributed by atoms with Gasteiger partial charge in [0.2, 0.25) is 5.91 Å². The fourth-order valence-electron chi connectivity index (χ4n) is 2.60. The second-order valence-electron chi connectivity index (χ2n) is 6.20. The highest BCUT2D eigenvalue weighted by Crippen LogP contribution is 2.22. The molecule has 0 aliphatic heterocycles. The lowest BCUT2D eigenvalue weighted by Crippen LogP contribution is -2.23. The summed E-state index contributed by atoms with van der Waals surface area (Å²) in [5.74, 6) is 0.556. The maximum absolute atomic E-state index is 12.0. The molecule has 0 spiro atoms. The molecule has 5 nitrogen and oxygen atoms in total. The number of Topliss-reactive ketones (excluding diaryl/α,β-unsaturated/α-hetero) is 1. The summed E-state index contributed by atoms with van der Waals surface area (Å²) in [5, 5.41) is 2.85. The van der Waals surface area contributed by atoms with Crippen molar-refractivity contribution in [1.82, 2.24) is 5.32 Å². The van der Waals surface area contributed by atoms with Crippen LogP contribution in [-0.2, 0) is 29.3 Å². The number of carbonyl (C=O) groups is 2. The number of rotatable bonds is 10. The highest BCUT2D eigenvalue weighted by Gasteiger charge is 2.11. The first kappa shape index (κ1) is 20.3. The van der Waals surface area contributed by atoms with Crippen LogP contribution in [0.25, 0.3) is 0 Å². The van der Waals surface area contributed by atoms with Gasteiger partial charge in [0, 0.05) is 19.4 Å². The Labute approximate surface area is 172 Å². The van der Waals surface area contributed by atoms with Crippen LogP contribution < -0.4 is 5.32 Å². The fourth-order valence-corrected chi connectivity index (χ4v) is 3.61. The van der Waals surface area contributed by atoms with Gasteiger partial charge in [-0.05, 0) is 35.4 Å². The summed E-state index contributed by atoms with van der Waals surface area (Å²) in [7, 11) is 0. The van der Waals surface area contributed by atoms with Crippen LogP contribution in [-0.4, -0.2) is 11.7 Å². The van der Waals surface area contributed by atoms with E-state index in [2.05, 4.69) is 5.32 Å². The molecule has 0 unspecified atom stereocenters. The monoisotopic (exact) mass is 417 g/mol. The SMILES string of the molecule is O=C(CCC(=O)c1ccc(Cl)s1)NCc1cccc(COCc2ccco2)c1. The second-order valence-corrected chi connectivity index (χ2v) is 7.91. The quantitative estimate of drug-likeness (QED) is 0.472. The molecule has 0 aliphatic rings. The van der Waals surface area contributed by atoms with Crippen LogP contribution in [0.3, 0.4) is 0 Å². The van der Waals surface area contributed by atoms with Crippen molar-refractivity contribution in [2.45, 2.75) is 32.6 Å². The Bertz CT molecular complexity index is 920. The number of thiophene rings is 1. The molecule has 3 aromatic rings. The molecule has 0 bridgehead atoms. The lowest BCUT2D eigenvalue weighted by Gasteiger charge is -2.08. The molecular weight excluding hydrogens is 398 g/mol. The summed E-state index contributed by atoms with van der Waals surface area (Å²) in [6, 6.07) is 14.9. The summed E-state index contributed by atoms with van der Waals surface area (Å²) in [4.78, 5) is 24.6. The number of furan rings is 1. The predicted octanol–water partition coefficient (Wildman–Crippen LogP) is 4.99. The number of hydrogen-bond acceptors (Lipinski definition) is 5. The number of halogens is 1. The molecule has 7 heteroatoms. The number of benzene rings is 1. The minimum absolute atomic E-state index is 0.0669. The van der Waals surface area contributed by atoms with Crippen molar-refractivity contribution in [3.05, 3.63) is 80.9 Å². The average molecular weight is 418 g/mol. The number of amides is 1. The van der Waals surface area contributed by atoms with Gasteiger partial charge in [0.15, 0.2) is 5.78 Å². The standard InChI is InChI=1S/C21H20ClNO4S/c22-20-8-7-19(28-20)18(24)6-9-21(25)23-12-15-3-1-4-16(11-15)13-26-14-17-5-2-10-27-17/h1-5,7-8,10-11H,6,9,12-14H2,(H,23,25). The lowest BCUT2D eigenvalue weighted by atomic mass is 10.1. The minimum Gasteiger partial charge on any atom is -0.467 e. The van der Waals surface area contributed by atoms with Crippen molar-refractivity contribution in [2.24, 2.45) is 0 Å². The number of nitrogens with one attached hydrogen (secondary N) is 1. The van der Waals surface area contributed by atoms with Gasteiger partial charge in [-0.3, -0.25) is 9.59 Å². The van der Waals surface area contributed by atoms with Crippen LogP contribution in [0.1, 0.15) is 39.4 Å². The molecule has 1 amide bonds. The Kier molecular flexibility index (Phi) is 7.42. The number of hydrogen-bond donors (Lipinski definition) is 1. The maximum Gasteiger partial charge on any atom is 0.220 e. The normalized spacial score (nSPS) is 10.8. The van der Waals surface area contributed by atoms with E-state index in [4.69, 9.17) is 20.8 Å². The molecule has 2 heterocycles. The predicted molar refractivity (Wildman–Crippen MR) is 108 cm³/mol. The summed E-state index contributed by atoms with van der Waals surface area (Å²) in [5.41, 5.74) is 1.99. The lowest BCUT2D eigenvalue weighted by molar-refractivity contribution is -0.121. The van der Waals surface area contributed by atoms with Gasteiger partial charge in [0.1, 0.15) is 12.4 Å². The Balaban J connectivity index is 1.39. The Morgan fingerprint density at radius 1 is 1.04 bits per heavy atom. The number of carbonyl (C=O) groups excluding carboxylic acids is 2. The van der Waals surface area contributed by atoms with E-state index >= 15 is 0 Å². The van der Waals surface area contributed by atoms with E-state index < -0.39 is 0 Å². The van der Waals surface area contributed by atoms with Gasteiger partial charge >= 0.3 is 0 Å². The van der Waals surface area contributed by atoms with Gasteiger partial charge in [-0.2, -0.15) is 0 Å². The molecule has 28 heavy (non-hydrogen) atoms. The van der Waals surface area contributed by atoms with Crippen LogP contribution in [0.15, 0.2) is 59.2 Å². The number of ketones is 1. The topological polar surface area (TPSA) is 68.5 Å². The zero-order valence-electron chi connectivity index (χ0n) is 15.2. The summed E-state index contributed by atoms with van der Waals surface area (Å²) in [6.07, 6.45) is 1.94. The summed E-state index contributed by atoms with van der Waals surface area (Å²) < 4.78 is 11.4. The van der Waals surface area contributed by atoms with Gasteiger partial charge < -0.3 is 14.5 Å². The molecule has 0 aliphatic carbocycles. The van der Waals surface area contributed by atoms with E-state index in [0.29, 0.717) is 29.0 Å². The molecular formula is C21H20ClNO4S. The highest BCUT2D eigenvalue weighted by molar-refractivity contribution is 7.18. The fraction of sp³-hybridized carbons (Fsp3) is 0.238.